The van der Waals surface area contributed by atoms with Crippen molar-refractivity contribution in [3.05, 3.63) is 35.8 Å². The Morgan fingerprint density at radius 3 is 2.87 bits per heavy atom. The molecule has 0 aliphatic heterocycles. The van der Waals surface area contributed by atoms with Gasteiger partial charge in [-0.1, -0.05) is 6.92 Å². The Morgan fingerprint density at radius 2 is 2.22 bits per heavy atom. The van der Waals surface area contributed by atoms with Gasteiger partial charge in [0, 0.05) is 30.6 Å². The molecule has 0 saturated carbocycles. The molecule has 1 heterocycles. The Kier molecular flexibility index (Phi) is 5.36. The molecule has 124 valence electrons. The summed E-state index contributed by atoms with van der Waals surface area (Å²) in [5.74, 6) is -0.823. The molecule has 0 fully saturated rings. The molecule has 2 rings (SSSR count). The van der Waals surface area contributed by atoms with Gasteiger partial charge in [-0.15, -0.1) is 0 Å². The van der Waals surface area contributed by atoms with Crippen LogP contribution in [0, 0.1) is 23.1 Å². The number of hydrogen-bond donors (Lipinski definition) is 1. The zero-order valence-electron chi connectivity index (χ0n) is 12.9. The maximum Gasteiger partial charge on any atom is 0.279 e. The lowest BCUT2D eigenvalue weighted by atomic mass is 10.2. The van der Waals surface area contributed by atoms with Gasteiger partial charge in [-0.3, -0.25) is 0 Å². The smallest absolute Gasteiger partial charge is 0.279 e. The number of hydrogen-bond acceptors (Lipinski definition) is 4. The second-order valence-corrected chi connectivity index (χ2v) is 6.96. The third-order valence-electron chi connectivity index (χ3n) is 3.45. The maximum absolute atomic E-state index is 13.3. The van der Waals surface area contributed by atoms with Crippen molar-refractivity contribution in [2.75, 3.05) is 13.1 Å². The summed E-state index contributed by atoms with van der Waals surface area (Å²) in [6.45, 7) is 3.71. The number of halogens is 1. The van der Waals surface area contributed by atoms with Gasteiger partial charge in [-0.05, 0) is 25.1 Å². The summed E-state index contributed by atoms with van der Waals surface area (Å²) in [7, 11) is -3.74. The van der Waals surface area contributed by atoms with E-state index in [-0.39, 0.29) is 19.6 Å². The molecule has 0 radical (unpaired) electrons. The largest absolute Gasteiger partial charge is 0.464 e. The monoisotopic (exact) mass is 339 g/mol. The summed E-state index contributed by atoms with van der Waals surface area (Å²) in [6.07, 6.45) is 1.40. The van der Waals surface area contributed by atoms with Crippen LogP contribution in [0.2, 0.25) is 0 Å². The molecule has 6 nitrogen and oxygen atoms in total. The van der Waals surface area contributed by atoms with Gasteiger partial charge in [-0.25, -0.2) is 4.39 Å². The van der Waals surface area contributed by atoms with Crippen LogP contribution in [0.5, 0.6) is 0 Å². The van der Waals surface area contributed by atoms with Gasteiger partial charge in [-0.2, -0.15) is 22.7 Å². The molecular weight excluding hydrogens is 321 g/mol. The van der Waals surface area contributed by atoms with E-state index < -0.39 is 21.9 Å². The lowest BCUT2D eigenvalue weighted by Crippen LogP contribution is -2.42. The summed E-state index contributed by atoms with van der Waals surface area (Å²) >= 11 is 0. The fourth-order valence-corrected chi connectivity index (χ4v) is 3.47. The van der Waals surface area contributed by atoms with E-state index in [1.54, 1.807) is 13.8 Å². The molecule has 23 heavy (non-hydrogen) atoms. The predicted molar refractivity (Wildman–Crippen MR) is 84.0 cm³/mol. The third kappa shape index (κ3) is 4.07. The molecule has 1 N–H and O–H groups in total. The average molecular weight is 339 g/mol. The normalized spacial score (nSPS) is 13.3. The number of nitrogens with zero attached hydrogens (tertiary/aromatic N) is 2. The Hall–Kier alpha value is -1.95. The van der Waals surface area contributed by atoms with Crippen molar-refractivity contribution in [1.29, 1.82) is 5.26 Å². The SMILES string of the molecule is CCN(CC(C)C#N)S(=O)(=O)NCc1coc2ccc(F)cc12. The van der Waals surface area contributed by atoms with Gasteiger partial charge < -0.3 is 4.42 Å². The maximum atomic E-state index is 13.3. The fourth-order valence-electron chi connectivity index (χ4n) is 2.19. The topological polar surface area (TPSA) is 86.3 Å². The molecule has 1 aromatic heterocycles. The molecule has 1 atom stereocenters. The van der Waals surface area contributed by atoms with Crippen LogP contribution in [-0.4, -0.2) is 25.8 Å². The zero-order valence-corrected chi connectivity index (χ0v) is 13.7. The summed E-state index contributed by atoms with van der Waals surface area (Å²) in [4.78, 5) is 0. The first-order valence-electron chi connectivity index (χ1n) is 7.17. The first-order valence-corrected chi connectivity index (χ1v) is 8.61. The molecule has 2 aromatic rings. The average Bonchev–Trinajstić information content (AvgIpc) is 2.92. The van der Waals surface area contributed by atoms with Crippen LogP contribution in [-0.2, 0) is 16.8 Å². The third-order valence-corrected chi connectivity index (χ3v) is 5.05. The highest BCUT2D eigenvalue weighted by Crippen LogP contribution is 2.22. The van der Waals surface area contributed by atoms with Crippen LogP contribution < -0.4 is 4.72 Å². The molecule has 1 aromatic carbocycles. The summed E-state index contributed by atoms with van der Waals surface area (Å²) in [6, 6.07) is 6.09. The molecule has 0 aliphatic rings. The van der Waals surface area contributed by atoms with E-state index in [0.717, 1.165) is 0 Å². The first kappa shape index (κ1) is 17.4. The standard InChI is InChI=1S/C15H18FN3O3S/c1-3-19(9-11(2)7-17)23(20,21)18-8-12-10-22-15-5-4-13(16)6-14(12)15/h4-6,10-11,18H,3,8-9H2,1-2H3. The van der Waals surface area contributed by atoms with E-state index in [1.807, 2.05) is 6.07 Å². The lowest BCUT2D eigenvalue weighted by molar-refractivity contribution is 0.392. The highest BCUT2D eigenvalue weighted by molar-refractivity contribution is 7.87. The Bertz CT molecular complexity index is 826. The van der Waals surface area contributed by atoms with E-state index in [9.17, 15) is 12.8 Å². The number of fused-ring (bicyclic) bond motifs is 1. The van der Waals surface area contributed by atoms with Crippen molar-refractivity contribution < 1.29 is 17.2 Å². The van der Waals surface area contributed by atoms with Crippen LogP contribution in [0.15, 0.2) is 28.9 Å². The molecule has 8 heteroatoms. The van der Waals surface area contributed by atoms with Crippen LogP contribution in [0.4, 0.5) is 4.39 Å². The number of furan rings is 1. The van der Waals surface area contributed by atoms with Crippen molar-refractivity contribution >= 4 is 21.2 Å². The number of rotatable bonds is 7. The van der Waals surface area contributed by atoms with Gasteiger partial charge in [0.15, 0.2) is 0 Å². The minimum atomic E-state index is -3.74. The van der Waals surface area contributed by atoms with Gasteiger partial charge >= 0.3 is 0 Å². The van der Waals surface area contributed by atoms with Gasteiger partial charge in [0.1, 0.15) is 11.4 Å². The number of nitriles is 1. The van der Waals surface area contributed by atoms with E-state index in [2.05, 4.69) is 4.72 Å². The highest BCUT2D eigenvalue weighted by Gasteiger charge is 2.22. The summed E-state index contributed by atoms with van der Waals surface area (Å²) in [5, 5.41) is 9.36. The molecule has 1 unspecified atom stereocenters. The van der Waals surface area contributed by atoms with Gasteiger partial charge in [0.25, 0.3) is 10.2 Å². The summed E-state index contributed by atoms with van der Waals surface area (Å²) < 4.78 is 46.9. The van der Waals surface area contributed by atoms with Crippen molar-refractivity contribution in [3.63, 3.8) is 0 Å². The summed E-state index contributed by atoms with van der Waals surface area (Å²) in [5.41, 5.74) is 1.04. The number of nitrogens with one attached hydrogen (secondary N) is 1. The Morgan fingerprint density at radius 1 is 1.48 bits per heavy atom. The molecule has 0 bridgehead atoms. The van der Waals surface area contributed by atoms with Crippen LogP contribution >= 0.6 is 0 Å². The van der Waals surface area contributed by atoms with E-state index >= 15 is 0 Å². The van der Waals surface area contributed by atoms with Crippen LogP contribution in [0.25, 0.3) is 11.0 Å². The van der Waals surface area contributed by atoms with Crippen LogP contribution in [0.1, 0.15) is 19.4 Å². The molecule has 0 aliphatic carbocycles. The van der Waals surface area contributed by atoms with Gasteiger partial charge in [0.2, 0.25) is 0 Å². The fraction of sp³-hybridized carbons (Fsp3) is 0.400. The number of benzene rings is 1. The van der Waals surface area contributed by atoms with Gasteiger partial charge in [0.05, 0.1) is 18.3 Å². The van der Waals surface area contributed by atoms with Crippen molar-refractivity contribution in [1.82, 2.24) is 9.03 Å². The molecular formula is C15H18FN3O3S. The second-order valence-electron chi connectivity index (χ2n) is 5.21. The second kappa shape index (κ2) is 7.08. The Balaban J connectivity index is 2.14. The van der Waals surface area contributed by atoms with E-state index in [1.165, 1.54) is 28.8 Å². The molecule has 0 saturated heterocycles. The zero-order chi connectivity index (χ0) is 17.0. The molecule has 0 amide bonds. The minimum Gasteiger partial charge on any atom is -0.464 e. The van der Waals surface area contributed by atoms with Crippen molar-refractivity contribution in [2.24, 2.45) is 5.92 Å². The highest BCUT2D eigenvalue weighted by atomic mass is 32.2. The first-order chi connectivity index (χ1) is 10.9. The Labute approximate surface area is 134 Å². The lowest BCUT2D eigenvalue weighted by Gasteiger charge is -2.21. The quantitative estimate of drug-likeness (QED) is 0.839. The van der Waals surface area contributed by atoms with E-state index in [0.29, 0.717) is 16.5 Å². The van der Waals surface area contributed by atoms with E-state index in [4.69, 9.17) is 9.68 Å². The predicted octanol–water partition coefficient (Wildman–Crippen LogP) is 2.39. The minimum absolute atomic E-state index is 0.0176. The van der Waals surface area contributed by atoms with Crippen molar-refractivity contribution in [2.45, 2.75) is 20.4 Å². The van der Waals surface area contributed by atoms with Crippen LogP contribution in [0.3, 0.4) is 0 Å². The van der Waals surface area contributed by atoms with Crippen molar-refractivity contribution in [3.8, 4) is 6.07 Å². The molecule has 0 spiro atoms.